The molecule has 0 saturated heterocycles. The molecule has 1 aromatic heterocycles. The first-order valence-electron chi connectivity index (χ1n) is 6.84. The summed E-state index contributed by atoms with van der Waals surface area (Å²) in [4.78, 5) is 34.5. The van der Waals surface area contributed by atoms with Crippen LogP contribution in [0.2, 0.25) is 0 Å². The van der Waals surface area contributed by atoms with E-state index in [1.54, 1.807) is 25.2 Å². The zero-order valence-electron chi connectivity index (χ0n) is 12.7. The number of nitrogens with one attached hydrogen (secondary N) is 1. The van der Waals surface area contributed by atoms with Crippen LogP contribution in [0.25, 0.3) is 10.9 Å². The Morgan fingerprint density at radius 3 is 2.74 bits per heavy atom. The average Bonchev–Trinajstić information content (AvgIpc) is 2.49. The number of aliphatic carboxylic acids is 1. The molecular formula is C15H17N3O5. The van der Waals surface area contributed by atoms with Crippen molar-refractivity contribution >= 4 is 28.5 Å². The summed E-state index contributed by atoms with van der Waals surface area (Å²) in [6.45, 7) is 0.874. The van der Waals surface area contributed by atoms with Crippen LogP contribution in [0.3, 0.4) is 0 Å². The third kappa shape index (κ3) is 3.60. The number of hydrogen-bond donors (Lipinski definition) is 3. The van der Waals surface area contributed by atoms with E-state index in [1.165, 1.54) is 17.6 Å². The number of aryl methyl sites for hydroxylation is 1. The van der Waals surface area contributed by atoms with Crippen LogP contribution in [0.5, 0.6) is 5.75 Å². The lowest BCUT2D eigenvalue weighted by Crippen LogP contribution is -2.41. The fourth-order valence-electron chi connectivity index (χ4n) is 2.06. The third-order valence-electron chi connectivity index (χ3n) is 3.32. The number of nitrogens with two attached hydrogens (primary N) is 1. The van der Waals surface area contributed by atoms with E-state index in [9.17, 15) is 14.4 Å². The summed E-state index contributed by atoms with van der Waals surface area (Å²) in [6.07, 6.45) is 0. The van der Waals surface area contributed by atoms with Crippen molar-refractivity contribution in [2.75, 3.05) is 12.3 Å². The standard InChI is InChI=1S/C15H17N3O5/c1-8(15(21)22)17-13(19)7-23-12-6-9-5-10(16)3-4-11(9)18(2)14(12)20/h3-6,8H,7,16H2,1-2H3,(H,17,19)(H,21,22). The van der Waals surface area contributed by atoms with Crippen LogP contribution in [-0.4, -0.2) is 34.2 Å². The molecule has 1 unspecified atom stereocenters. The van der Waals surface area contributed by atoms with Crippen LogP contribution in [0.1, 0.15) is 6.92 Å². The minimum absolute atomic E-state index is 0.0104. The normalized spacial score (nSPS) is 11.9. The molecule has 0 spiro atoms. The van der Waals surface area contributed by atoms with Gasteiger partial charge in [-0.3, -0.25) is 14.4 Å². The lowest BCUT2D eigenvalue weighted by molar-refractivity contribution is -0.141. The summed E-state index contributed by atoms with van der Waals surface area (Å²) in [7, 11) is 1.58. The maximum absolute atomic E-state index is 12.2. The number of carbonyl (C=O) groups excluding carboxylic acids is 1. The highest BCUT2D eigenvalue weighted by molar-refractivity contribution is 5.85. The number of hydrogen-bond acceptors (Lipinski definition) is 5. The Balaban J connectivity index is 2.20. The van der Waals surface area contributed by atoms with E-state index >= 15 is 0 Å². The highest BCUT2D eigenvalue weighted by atomic mass is 16.5. The molecule has 122 valence electrons. The Hall–Kier alpha value is -3.03. The number of carboxylic acid groups (broad SMARTS) is 1. The monoisotopic (exact) mass is 319 g/mol. The van der Waals surface area contributed by atoms with Crippen molar-refractivity contribution in [1.29, 1.82) is 0 Å². The zero-order valence-corrected chi connectivity index (χ0v) is 12.7. The first kappa shape index (κ1) is 16.3. The number of amides is 1. The van der Waals surface area contributed by atoms with Crippen LogP contribution in [0.15, 0.2) is 29.1 Å². The molecule has 2 rings (SSSR count). The van der Waals surface area contributed by atoms with Crippen molar-refractivity contribution in [3.8, 4) is 5.75 Å². The highest BCUT2D eigenvalue weighted by Crippen LogP contribution is 2.19. The van der Waals surface area contributed by atoms with Crippen LogP contribution < -0.4 is 21.3 Å². The van der Waals surface area contributed by atoms with Gasteiger partial charge in [0.05, 0.1) is 5.52 Å². The number of ether oxygens (including phenoxy) is 1. The van der Waals surface area contributed by atoms with E-state index in [0.717, 1.165) is 0 Å². The topological polar surface area (TPSA) is 124 Å². The summed E-state index contributed by atoms with van der Waals surface area (Å²) in [5, 5.41) is 11.7. The minimum atomic E-state index is -1.16. The molecule has 1 amide bonds. The number of carboxylic acids is 1. The quantitative estimate of drug-likeness (QED) is 0.671. The van der Waals surface area contributed by atoms with E-state index in [4.69, 9.17) is 15.6 Å². The van der Waals surface area contributed by atoms with Crippen LogP contribution >= 0.6 is 0 Å². The SMILES string of the molecule is CC(NC(=O)COc1cc2cc(N)ccc2n(C)c1=O)C(=O)O. The van der Waals surface area contributed by atoms with E-state index in [0.29, 0.717) is 16.6 Å². The number of nitrogen functional groups attached to an aromatic ring is 1. The molecule has 0 aliphatic rings. The number of nitrogens with zero attached hydrogens (tertiary/aromatic N) is 1. The Labute approximate surface area is 131 Å². The molecule has 0 fully saturated rings. The van der Waals surface area contributed by atoms with Crippen molar-refractivity contribution in [3.05, 3.63) is 34.6 Å². The summed E-state index contributed by atoms with van der Waals surface area (Å²) in [5.74, 6) is -1.80. The van der Waals surface area contributed by atoms with E-state index in [-0.39, 0.29) is 5.75 Å². The Bertz CT molecular complexity index is 828. The van der Waals surface area contributed by atoms with Gasteiger partial charge in [0.15, 0.2) is 12.4 Å². The molecule has 8 nitrogen and oxygen atoms in total. The van der Waals surface area contributed by atoms with Crippen LogP contribution in [0.4, 0.5) is 5.69 Å². The van der Waals surface area contributed by atoms with E-state index in [1.807, 2.05) is 0 Å². The third-order valence-corrected chi connectivity index (χ3v) is 3.32. The summed E-state index contributed by atoms with van der Waals surface area (Å²) in [5.41, 5.74) is 6.54. The summed E-state index contributed by atoms with van der Waals surface area (Å²) < 4.78 is 6.62. The Morgan fingerprint density at radius 1 is 1.39 bits per heavy atom. The molecule has 1 atom stereocenters. The summed E-state index contributed by atoms with van der Waals surface area (Å²) in [6, 6.07) is 5.56. The number of benzene rings is 1. The molecule has 1 aromatic carbocycles. The first-order chi connectivity index (χ1) is 10.8. The molecular weight excluding hydrogens is 302 g/mol. The minimum Gasteiger partial charge on any atom is -0.480 e. The van der Waals surface area contributed by atoms with Crippen molar-refractivity contribution in [1.82, 2.24) is 9.88 Å². The Kier molecular flexibility index (Phi) is 4.54. The second-order valence-corrected chi connectivity index (χ2v) is 5.11. The van der Waals surface area contributed by atoms with E-state index < -0.39 is 30.1 Å². The van der Waals surface area contributed by atoms with Crippen molar-refractivity contribution in [2.45, 2.75) is 13.0 Å². The van der Waals surface area contributed by atoms with Gasteiger partial charge in [0.25, 0.3) is 11.5 Å². The fourth-order valence-corrected chi connectivity index (χ4v) is 2.06. The number of pyridine rings is 1. The second-order valence-electron chi connectivity index (χ2n) is 5.11. The maximum atomic E-state index is 12.2. The van der Waals surface area contributed by atoms with Gasteiger partial charge in [-0.2, -0.15) is 0 Å². The number of rotatable bonds is 5. The van der Waals surface area contributed by atoms with Crippen molar-refractivity contribution < 1.29 is 19.4 Å². The van der Waals surface area contributed by atoms with Gasteiger partial charge in [-0.05, 0) is 31.2 Å². The van der Waals surface area contributed by atoms with Gasteiger partial charge in [-0.15, -0.1) is 0 Å². The van der Waals surface area contributed by atoms with Crippen molar-refractivity contribution in [2.24, 2.45) is 7.05 Å². The van der Waals surface area contributed by atoms with Gasteiger partial charge in [0, 0.05) is 18.1 Å². The predicted octanol–water partition coefficient (Wildman–Crippen LogP) is 0.0888. The van der Waals surface area contributed by atoms with Crippen molar-refractivity contribution in [3.63, 3.8) is 0 Å². The van der Waals surface area contributed by atoms with Gasteiger partial charge >= 0.3 is 5.97 Å². The number of anilines is 1. The van der Waals surface area contributed by atoms with Gasteiger partial charge in [0.2, 0.25) is 0 Å². The Morgan fingerprint density at radius 2 is 2.09 bits per heavy atom. The first-order valence-corrected chi connectivity index (χ1v) is 6.84. The molecule has 0 aliphatic heterocycles. The lowest BCUT2D eigenvalue weighted by atomic mass is 10.2. The van der Waals surface area contributed by atoms with Gasteiger partial charge in [-0.25, -0.2) is 0 Å². The lowest BCUT2D eigenvalue weighted by Gasteiger charge is -2.12. The van der Waals surface area contributed by atoms with Gasteiger partial charge < -0.3 is 25.5 Å². The van der Waals surface area contributed by atoms with Gasteiger partial charge in [0.1, 0.15) is 6.04 Å². The molecule has 0 aliphatic carbocycles. The number of carbonyl (C=O) groups is 2. The zero-order chi connectivity index (χ0) is 17.1. The molecule has 0 saturated carbocycles. The molecule has 2 aromatic rings. The smallest absolute Gasteiger partial charge is 0.325 e. The molecule has 8 heteroatoms. The molecule has 4 N–H and O–H groups in total. The fraction of sp³-hybridized carbons (Fsp3) is 0.267. The molecule has 23 heavy (non-hydrogen) atoms. The van der Waals surface area contributed by atoms with E-state index in [2.05, 4.69) is 5.32 Å². The average molecular weight is 319 g/mol. The summed E-state index contributed by atoms with van der Waals surface area (Å²) >= 11 is 0. The second kappa shape index (κ2) is 6.39. The molecule has 0 bridgehead atoms. The number of fused-ring (bicyclic) bond motifs is 1. The van der Waals surface area contributed by atoms with Crippen LogP contribution in [0, 0.1) is 0 Å². The van der Waals surface area contributed by atoms with Crippen LogP contribution in [-0.2, 0) is 16.6 Å². The predicted molar refractivity (Wildman–Crippen MR) is 84.3 cm³/mol. The highest BCUT2D eigenvalue weighted by Gasteiger charge is 2.15. The van der Waals surface area contributed by atoms with Gasteiger partial charge in [-0.1, -0.05) is 0 Å². The molecule has 1 heterocycles. The number of aromatic nitrogens is 1. The largest absolute Gasteiger partial charge is 0.480 e. The molecule has 0 radical (unpaired) electrons. The maximum Gasteiger partial charge on any atom is 0.325 e.